The van der Waals surface area contributed by atoms with Crippen LogP contribution in [0.4, 0.5) is 5.82 Å². The van der Waals surface area contributed by atoms with E-state index in [1.54, 1.807) is 12.4 Å². The molecule has 0 aliphatic carbocycles. The van der Waals surface area contributed by atoms with Gasteiger partial charge in [-0.25, -0.2) is 15.0 Å². The zero-order chi connectivity index (χ0) is 20.3. The van der Waals surface area contributed by atoms with Crippen LogP contribution in [0, 0.1) is 0 Å². The Morgan fingerprint density at radius 3 is 2.43 bits per heavy atom. The monoisotopic (exact) mass is 394 g/mol. The van der Waals surface area contributed by atoms with Gasteiger partial charge in [0.2, 0.25) is 0 Å². The van der Waals surface area contributed by atoms with E-state index in [0.29, 0.717) is 5.82 Å². The molecule has 2 aromatic carbocycles. The number of nitrogens with one attached hydrogen (secondary N) is 1. The van der Waals surface area contributed by atoms with Crippen LogP contribution < -0.4 is 5.32 Å². The summed E-state index contributed by atoms with van der Waals surface area (Å²) in [6.45, 7) is 3.79. The number of aromatic nitrogens is 5. The summed E-state index contributed by atoms with van der Waals surface area (Å²) in [5.41, 5.74) is 4.10. The fourth-order valence-electron chi connectivity index (χ4n) is 3.80. The highest BCUT2D eigenvalue weighted by molar-refractivity contribution is 5.90. The fourth-order valence-corrected chi connectivity index (χ4v) is 3.80. The SMILES string of the molecule is CCn1c(CCNc2nc(-c3ccncc3)nc3ccccc23)nc2ccccc21. The van der Waals surface area contributed by atoms with E-state index in [0.717, 1.165) is 53.1 Å². The van der Waals surface area contributed by atoms with Gasteiger partial charge in [0.15, 0.2) is 5.82 Å². The molecule has 3 aromatic heterocycles. The Labute approximate surface area is 174 Å². The Kier molecular flexibility index (Phi) is 4.81. The van der Waals surface area contributed by atoms with Crippen molar-refractivity contribution in [2.24, 2.45) is 0 Å². The Bertz CT molecular complexity index is 1310. The van der Waals surface area contributed by atoms with Gasteiger partial charge < -0.3 is 9.88 Å². The van der Waals surface area contributed by atoms with Crippen LogP contribution in [0.15, 0.2) is 73.1 Å². The molecule has 0 saturated heterocycles. The van der Waals surface area contributed by atoms with Gasteiger partial charge in [0, 0.05) is 42.9 Å². The second-order valence-electron chi connectivity index (χ2n) is 7.09. The molecule has 0 atom stereocenters. The minimum atomic E-state index is 0.694. The third-order valence-electron chi connectivity index (χ3n) is 5.23. The molecular formula is C24H22N6. The second kappa shape index (κ2) is 7.91. The van der Waals surface area contributed by atoms with Gasteiger partial charge in [0.25, 0.3) is 0 Å². The number of hydrogen-bond acceptors (Lipinski definition) is 5. The van der Waals surface area contributed by atoms with Crippen LogP contribution in [0.3, 0.4) is 0 Å². The number of anilines is 1. The first-order valence-corrected chi connectivity index (χ1v) is 10.2. The minimum Gasteiger partial charge on any atom is -0.369 e. The second-order valence-corrected chi connectivity index (χ2v) is 7.09. The van der Waals surface area contributed by atoms with E-state index in [2.05, 4.69) is 46.1 Å². The molecule has 0 spiro atoms. The molecule has 0 unspecified atom stereocenters. The maximum atomic E-state index is 4.83. The summed E-state index contributed by atoms with van der Waals surface area (Å²) in [6, 6.07) is 20.2. The van der Waals surface area contributed by atoms with E-state index in [4.69, 9.17) is 15.0 Å². The maximum absolute atomic E-state index is 4.83. The summed E-state index contributed by atoms with van der Waals surface area (Å²) in [4.78, 5) is 18.5. The van der Waals surface area contributed by atoms with Crippen LogP contribution in [-0.2, 0) is 13.0 Å². The molecule has 5 rings (SSSR count). The number of pyridine rings is 1. The normalized spacial score (nSPS) is 11.2. The molecule has 0 aliphatic rings. The highest BCUT2D eigenvalue weighted by Crippen LogP contribution is 2.24. The third-order valence-corrected chi connectivity index (χ3v) is 5.23. The predicted octanol–water partition coefficient (Wildman–Crippen LogP) is 4.72. The highest BCUT2D eigenvalue weighted by Gasteiger charge is 2.11. The maximum Gasteiger partial charge on any atom is 0.162 e. The van der Waals surface area contributed by atoms with Crippen molar-refractivity contribution in [1.82, 2.24) is 24.5 Å². The minimum absolute atomic E-state index is 0.694. The number of imidazole rings is 1. The zero-order valence-electron chi connectivity index (χ0n) is 16.8. The standard InChI is InChI=1S/C24H22N6/c1-2-30-21-10-6-5-9-20(21)27-22(30)13-16-26-24-18-7-3-4-8-19(18)28-23(29-24)17-11-14-25-15-12-17/h3-12,14-15H,2,13,16H2,1H3,(H,26,28,29). The highest BCUT2D eigenvalue weighted by atomic mass is 15.1. The lowest BCUT2D eigenvalue weighted by Gasteiger charge is -2.11. The average molecular weight is 394 g/mol. The van der Waals surface area contributed by atoms with Crippen LogP contribution in [-0.4, -0.2) is 31.0 Å². The number of rotatable bonds is 6. The molecule has 0 bridgehead atoms. The van der Waals surface area contributed by atoms with Crippen molar-refractivity contribution in [3.63, 3.8) is 0 Å². The van der Waals surface area contributed by atoms with Crippen molar-refractivity contribution in [2.45, 2.75) is 19.9 Å². The number of fused-ring (bicyclic) bond motifs is 2. The van der Waals surface area contributed by atoms with Crippen molar-refractivity contribution in [2.75, 3.05) is 11.9 Å². The van der Waals surface area contributed by atoms with E-state index in [1.807, 2.05) is 36.4 Å². The molecule has 1 N–H and O–H groups in total. The van der Waals surface area contributed by atoms with E-state index >= 15 is 0 Å². The van der Waals surface area contributed by atoms with Crippen molar-refractivity contribution in [1.29, 1.82) is 0 Å². The molecule has 0 saturated carbocycles. The molecule has 0 amide bonds. The predicted molar refractivity (Wildman–Crippen MR) is 120 cm³/mol. The lowest BCUT2D eigenvalue weighted by atomic mass is 10.2. The van der Waals surface area contributed by atoms with E-state index < -0.39 is 0 Å². The first kappa shape index (κ1) is 18.2. The Hall–Kier alpha value is -3.80. The van der Waals surface area contributed by atoms with Crippen molar-refractivity contribution >= 4 is 27.8 Å². The van der Waals surface area contributed by atoms with Gasteiger partial charge >= 0.3 is 0 Å². The van der Waals surface area contributed by atoms with Crippen LogP contribution in [0.2, 0.25) is 0 Å². The van der Waals surface area contributed by atoms with Gasteiger partial charge in [-0.3, -0.25) is 4.98 Å². The quantitative estimate of drug-likeness (QED) is 0.451. The molecule has 30 heavy (non-hydrogen) atoms. The summed E-state index contributed by atoms with van der Waals surface area (Å²) < 4.78 is 2.28. The van der Waals surface area contributed by atoms with E-state index in [1.165, 1.54) is 5.52 Å². The van der Waals surface area contributed by atoms with Crippen LogP contribution in [0.1, 0.15) is 12.7 Å². The van der Waals surface area contributed by atoms with Crippen LogP contribution in [0.25, 0.3) is 33.3 Å². The molecule has 5 aromatic rings. The topological polar surface area (TPSA) is 68.5 Å². The summed E-state index contributed by atoms with van der Waals surface area (Å²) >= 11 is 0. The van der Waals surface area contributed by atoms with E-state index in [-0.39, 0.29) is 0 Å². The molecule has 6 nitrogen and oxygen atoms in total. The molecule has 0 aliphatic heterocycles. The third kappa shape index (κ3) is 3.37. The smallest absolute Gasteiger partial charge is 0.162 e. The van der Waals surface area contributed by atoms with Crippen molar-refractivity contribution in [3.8, 4) is 11.4 Å². The first-order valence-electron chi connectivity index (χ1n) is 10.2. The average Bonchev–Trinajstić information content (AvgIpc) is 3.17. The summed E-state index contributed by atoms with van der Waals surface area (Å²) in [7, 11) is 0. The largest absolute Gasteiger partial charge is 0.369 e. The Morgan fingerprint density at radius 1 is 0.833 bits per heavy atom. The van der Waals surface area contributed by atoms with Crippen LogP contribution in [0.5, 0.6) is 0 Å². The van der Waals surface area contributed by atoms with E-state index in [9.17, 15) is 0 Å². The number of para-hydroxylation sites is 3. The number of benzene rings is 2. The lowest BCUT2D eigenvalue weighted by molar-refractivity contribution is 0.717. The molecule has 6 heteroatoms. The molecule has 0 fully saturated rings. The van der Waals surface area contributed by atoms with Crippen molar-refractivity contribution < 1.29 is 0 Å². The Balaban J connectivity index is 1.44. The fraction of sp³-hybridized carbons (Fsp3) is 0.167. The Morgan fingerprint density at radius 2 is 1.60 bits per heavy atom. The molecular weight excluding hydrogens is 372 g/mol. The van der Waals surface area contributed by atoms with Gasteiger partial charge in [-0.15, -0.1) is 0 Å². The first-order chi connectivity index (χ1) is 14.8. The summed E-state index contributed by atoms with van der Waals surface area (Å²) in [6.07, 6.45) is 4.33. The van der Waals surface area contributed by atoms with Gasteiger partial charge in [-0.2, -0.15) is 0 Å². The number of nitrogens with zero attached hydrogens (tertiary/aromatic N) is 5. The summed E-state index contributed by atoms with van der Waals surface area (Å²) in [5.74, 6) is 2.62. The zero-order valence-corrected chi connectivity index (χ0v) is 16.8. The lowest BCUT2D eigenvalue weighted by Crippen LogP contribution is -2.11. The molecule has 3 heterocycles. The molecule has 0 radical (unpaired) electrons. The van der Waals surface area contributed by atoms with Gasteiger partial charge in [0.05, 0.1) is 16.6 Å². The van der Waals surface area contributed by atoms with Crippen molar-refractivity contribution in [3.05, 3.63) is 78.9 Å². The number of aryl methyl sites for hydroxylation is 1. The summed E-state index contributed by atoms with van der Waals surface area (Å²) in [5, 5.41) is 4.54. The number of hydrogen-bond donors (Lipinski definition) is 1. The van der Waals surface area contributed by atoms with Gasteiger partial charge in [0.1, 0.15) is 11.6 Å². The van der Waals surface area contributed by atoms with Gasteiger partial charge in [-0.05, 0) is 43.3 Å². The molecule has 148 valence electrons. The van der Waals surface area contributed by atoms with Crippen LogP contribution >= 0.6 is 0 Å². The van der Waals surface area contributed by atoms with Gasteiger partial charge in [-0.1, -0.05) is 24.3 Å².